The number of nitrogens with one attached hydrogen (secondary N) is 1. The summed E-state index contributed by atoms with van der Waals surface area (Å²) in [7, 11) is 0. The molecule has 0 aliphatic rings. The maximum atomic E-state index is 11.9. The third-order valence-corrected chi connectivity index (χ3v) is 3.75. The van der Waals surface area contributed by atoms with Gasteiger partial charge in [-0.1, -0.05) is 40.7 Å². The summed E-state index contributed by atoms with van der Waals surface area (Å²) < 4.78 is 1.75. The van der Waals surface area contributed by atoms with Gasteiger partial charge in [-0.15, -0.1) is 11.3 Å². The van der Waals surface area contributed by atoms with Crippen LogP contribution in [0.25, 0.3) is 10.1 Å². The van der Waals surface area contributed by atoms with Crippen molar-refractivity contribution in [3.05, 3.63) is 40.2 Å². The van der Waals surface area contributed by atoms with E-state index in [-0.39, 0.29) is 5.91 Å². The van der Waals surface area contributed by atoms with Crippen LogP contribution in [0.1, 0.15) is 9.67 Å². The Labute approximate surface area is 111 Å². The number of hydrogen-bond acceptors (Lipinski definition) is 3. The summed E-state index contributed by atoms with van der Waals surface area (Å²) in [6.07, 6.45) is 0. The van der Waals surface area contributed by atoms with Crippen molar-refractivity contribution in [2.75, 3.05) is 12.3 Å². The van der Waals surface area contributed by atoms with Crippen LogP contribution in [0.3, 0.4) is 0 Å². The van der Waals surface area contributed by atoms with Crippen LogP contribution < -0.4 is 11.1 Å². The van der Waals surface area contributed by atoms with Gasteiger partial charge in [0.05, 0.1) is 5.69 Å². The molecule has 0 aliphatic heterocycles. The third-order valence-electron chi connectivity index (χ3n) is 2.28. The molecule has 2 rings (SSSR count). The molecule has 5 heteroatoms. The maximum Gasteiger partial charge on any atom is 0.263 e. The number of thiophene rings is 1. The van der Waals surface area contributed by atoms with Gasteiger partial charge in [0.1, 0.15) is 4.88 Å². The fourth-order valence-electron chi connectivity index (χ4n) is 1.49. The topological polar surface area (TPSA) is 55.1 Å². The van der Waals surface area contributed by atoms with Crippen molar-refractivity contribution in [2.45, 2.75) is 0 Å². The highest BCUT2D eigenvalue weighted by atomic mass is 79.9. The molecule has 0 spiro atoms. The molecule has 0 aliphatic carbocycles. The van der Waals surface area contributed by atoms with Gasteiger partial charge in [0.25, 0.3) is 5.91 Å². The quantitative estimate of drug-likeness (QED) is 0.915. The second-order valence-electron chi connectivity index (χ2n) is 3.54. The first-order valence-electron chi connectivity index (χ1n) is 4.98. The summed E-state index contributed by atoms with van der Waals surface area (Å²) in [5.41, 5.74) is 6.51. The fourth-order valence-corrected chi connectivity index (χ4v) is 2.67. The Hall–Kier alpha value is -1.33. The largest absolute Gasteiger partial charge is 0.397 e. The van der Waals surface area contributed by atoms with E-state index in [0.29, 0.717) is 17.1 Å². The van der Waals surface area contributed by atoms with E-state index in [9.17, 15) is 4.79 Å². The molecule has 0 saturated carbocycles. The molecule has 2 aromatic rings. The minimum Gasteiger partial charge on any atom is -0.397 e. The van der Waals surface area contributed by atoms with Crippen molar-refractivity contribution in [3.8, 4) is 0 Å². The van der Waals surface area contributed by atoms with Crippen LogP contribution in [0.2, 0.25) is 0 Å². The minimum absolute atomic E-state index is 0.163. The molecule has 0 saturated heterocycles. The molecule has 1 aromatic carbocycles. The highest BCUT2D eigenvalue weighted by Crippen LogP contribution is 2.33. The Morgan fingerprint density at radius 1 is 1.47 bits per heavy atom. The summed E-state index contributed by atoms with van der Waals surface area (Å²) in [5, 5.41) is 3.68. The second-order valence-corrected chi connectivity index (χ2v) is 5.71. The first-order valence-corrected chi connectivity index (χ1v) is 6.59. The number of carbonyl (C=O) groups excluding carboxylic acids is 1. The first kappa shape index (κ1) is 12.1. The number of anilines is 1. The number of hydrogen-bond donors (Lipinski definition) is 2. The molecule has 3 nitrogen and oxygen atoms in total. The highest BCUT2D eigenvalue weighted by molar-refractivity contribution is 9.11. The summed E-state index contributed by atoms with van der Waals surface area (Å²) in [6.45, 7) is 4.06. The van der Waals surface area contributed by atoms with Gasteiger partial charge in [0, 0.05) is 21.1 Å². The monoisotopic (exact) mass is 310 g/mol. The zero-order valence-corrected chi connectivity index (χ0v) is 11.4. The molecule has 17 heavy (non-hydrogen) atoms. The number of fused-ring (bicyclic) bond motifs is 1. The van der Waals surface area contributed by atoms with Crippen molar-refractivity contribution >= 4 is 48.9 Å². The van der Waals surface area contributed by atoms with Gasteiger partial charge in [0.15, 0.2) is 0 Å². The molecule has 88 valence electrons. The number of benzene rings is 1. The number of nitrogen functional groups attached to an aromatic ring is 1. The van der Waals surface area contributed by atoms with E-state index in [0.717, 1.165) is 14.6 Å². The first-order chi connectivity index (χ1) is 8.09. The van der Waals surface area contributed by atoms with Crippen molar-refractivity contribution in [2.24, 2.45) is 0 Å². The average molecular weight is 311 g/mol. The van der Waals surface area contributed by atoms with E-state index in [2.05, 4.69) is 27.8 Å². The molecule has 0 atom stereocenters. The smallest absolute Gasteiger partial charge is 0.263 e. The SMILES string of the molecule is C=C(Br)CNC(=O)c1sc2ccccc2c1N. The predicted octanol–water partition coefficient (Wildman–Crippen LogP) is 3.12. The maximum absolute atomic E-state index is 11.9. The van der Waals surface area contributed by atoms with Gasteiger partial charge in [-0.05, 0) is 6.07 Å². The molecule has 1 amide bonds. The van der Waals surface area contributed by atoms with Crippen LogP contribution in [0.4, 0.5) is 5.69 Å². The van der Waals surface area contributed by atoms with Crippen molar-refractivity contribution < 1.29 is 4.79 Å². The Balaban J connectivity index is 2.32. The summed E-state index contributed by atoms with van der Waals surface area (Å²) in [4.78, 5) is 12.5. The van der Waals surface area contributed by atoms with Crippen molar-refractivity contribution in [3.63, 3.8) is 0 Å². The zero-order chi connectivity index (χ0) is 12.4. The summed E-state index contributed by atoms with van der Waals surface area (Å²) in [6, 6.07) is 7.71. The van der Waals surface area contributed by atoms with Gasteiger partial charge >= 0.3 is 0 Å². The average Bonchev–Trinajstić information content (AvgIpc) is 2.64. The third kappa shape index (κ3) is 2.50. The highest BCUT2D eigenvalue weighted by Gasteiger charge is 2.15. The molecule has 1 aromatic heterocycles. The zero-order valence-electron chi connectivity index (χ0n) is 9.00. The van der Waals surface area contributed by atoms with Crippen LogP contribution in [-0.2, 0) is 0 Å². The lowest BCUT2D eigenvalue weighted by atomic mass is 10.2. The standard InChI is InChI=1S/C12H11BrN2OS/c1-7(13)6-15-12(16)11-10(14)8-4-2-3-5-9(8)17-11/h2-5H,1,6,14H2,(H,15,16). The molecule has 0 radical (unpaired) electrons. The second kappa shape index (κ2) is 4.89. The lowest BCUT2D eigenvalue weighted by Crippen LogP contribution is -2.24. The Bertz CT molecular complexity index is 591. The van der Waals surface area contributed by atoms with Gasteiger partial charge in [-0.3, -0.25) is 4.79 Å². The minimum atomic E-state index is -0.163. The van der Waals surface area contributed by atoms with E-state index in [1.165, 1.54) is 11.3 Å². The molecular formula is C12H11BrN2OS. The number of rotatable bonds is 3. The molecular weight excluding hydrogens is 300 g/mol. The van der Waals surface area contributed by atoms with Crippen molar-refractivity contribution in [1.29, 1.82) is 0 Å². The van der Waals surface area contributed by atoms with Gasteiger partial charge in [0.2, 0.25) is 0 Å². The molecule has 0 bridgehead atoms. The lowest BCUT2D eigenvalue weighted by Gasteiger charge is -2.02. The van der Waals surface area contributed by atoms with E-state index in [1.807, 2.05) is 24.3 Å². The number of carbonyl (C=O) groups is 1. The van der Waals surface area contributed by atoms with E-state index >= 15 is 0 Å². The van der Waals surface area contributed by atoms with Crippen LogP contribution in [-0.4, -0.2) is 12.5 Å². The fraction of sp³-hybridized carbons (Fsp3) is 0.0833. The Morgan fingerprint density at radius 3 is 2.82 bits per heavy atom. The van der Waals surface area contributed by atoms with Gasteiger partial charge in [-0.25, -0.2) is 0 Å². The molecule has 0 fully saturated rings. The lowest BCUT2D eigenvalue weighted by molar-refractivity contribution is 0.0962. The van der Waals surface area contributed by atoms with E-state index < -0.39 is 0 Å². The molecule has 3 N–H and O–H groups in total. The summed E-state index contributed by atoms with van der Waals surface area (Å²) in [5.74, 6) is -0.163. The molecule has 0 unspecified atom stereocenters. The molecule has 1 heterocycles. The van der Waals surface area contributed by atoms with Crippen LogP contribution >= 0.6 is 27.3 Å². The predicted molar refractivity (Wildman–Crippen MR) is 76.6 cm³/mol. The van der Waals surface area contributed by atoms with Crippen LogP contribution in [0, 0.1) is 0 Å². The summed E-state index contributed by atoms with van der Waals surface area (Å²) >= 11 is 4.59. The van der Waals surface area contributed by atoms with E-state index in [1.54, 1.807) is 0 Å². The number of nitrogens with two attached hydrogens (primary N) is 1. The van der Waals surface area contributed by atoms with Gasteiger partial charge in [-0.2, -0.15) is 0 Å². The van der Waals surface area contributed by atoms with Gasteiger partial charge < -0.3 is 11.1 Å². The van der Waals surface area contributed by atoms with Crippen LogP contribution in [0.5, 0.6) is 0 Å². The number of amides is 1. The Morgan fingerprint density at radius 2 is 2.18 bits per heavy atom. The van der Waals surface area contributed by atoms with E-state index in [4.69, 9.17) is 5.73 Å². The number of halogens is 1. The van der Waals surface area contributed by atoms with Crippen molar-refractivity contribution in [1.82, 2.24) is 5.32 Å². The van der Waals surface area contributed by atoms with Crippen LogP contribution in [0.15, 0.2) is 35.3 Å². The normalized spacial score (nSPS) is 10.4. The Kier molecular flexibility index (Phi) is 3.49.